The Balaban J connectivity index is 1.89. The number of hydrogen-bond acceptors (Lipinski definition) is 2. The summed E-state index contributed by atoms with van der Waals surface area (Å²) in [6.45, 7) is 0.544. The van der Waals surface area contributed by atoms with Crippen molar-refractivity contribution in [1.82, 2.24) is 4.57 Å². The molecular weight excluding hydrogens is 312 g/mol. The first-order chi connectivity index (χ1) is 12.1. The second-order valence-corrected chi connectivity index (χ2v) is 5.89. The van der Waals surface area contributed by atoms with Crippen LogP contribution in [-0.2, 0) is 13.5 Å². The molecule has 0 aliphatic heterocycles. The Hall–Kier alpha value is -3.14. The molecule has 3 rings (SSSR count). The van der Waals surface area contributed by atoms with Crippen molar-refractivity contribution in [2.45, 2.75) is 6.42 Å². The van der Waals surface area contributed by atoms with E-state index in [0.717, 1.165) is 12.1 Å². The number of nitrogens with zero attached hydrogens (tertiary/aromatic N) is 2. The van der Waals surface area contributed by atoms with Gasteiger partial charge in [-0.1, -0.05) is 48.5 Å². The SMILES string of the molecule is Cn1ccc(C(=O)N(CCc2ccccc2)c2ccccc2)cc1=O. The third kappa shape index (κ3) is 4.04. The molecule has 0 aliphatic rings. The van der Waals surface area contributed by atoms with E-state index >= 15 is 0 Å². The molecule has 1 aromatic heterocycles. The van der Waals surface area contributed by atoms with Gasteiger partial charge < -0.3 is 9.47 Å². The van der Waals surface area contributed by atoms with Crippen LogP contribution in [0.5, 0.6) is 0 Å². The quantitative estimate of drug-likeness (QED) is 0.719. The first-order valence-corrected chi connectivity index (χ1v) is 8.22. The minimum atomic E-state index is -0.193. The average molecular weight is 332 g/mol. The van der Waals surface area contributed by atoms with E-state index in [2.05, 4.69) is 0 Å². The molecule has 1 amide bonds. The van der Waals surface area contributed by atoms with E-state index in [1.165, 1.54) is 16.2 Å². The van der Waals surface area contributed by atoms with E-state index in [1.807, 2.05) is 60.7 Å². The fourth-order valence-corrected chi connectivity index (χ4v) is 2.68. The molecule has 0 saturated heterocycles. The van der Waals surface area contributed by atoms with Crippen LogP contribution in [0.2, 0.25) is 0 Å². The van der Waals surface area contributed by atoms with Crippen molar-refractivity contribution < 1.29 is 4.79 Å². The summed E-state index contributed by atoms with van der Waals surface area (Å²) < 4.78 is 1.45. The molecule has 0 unspecified atom stereocenters. The van der Waals surface area contributed by atoms with Gasteiger partial charge >= 0.3 is 0 Å². The van der Waals surface area contributed by atoms with Gasteiger partial charge in [-0.25, -0.2) is 0 Å². The summed E-state index contributed by atoms with van der Waals surface area (Å²) in [4.78, 5) is 26.6. The summed E-state index contributed by atoms with van der Waals surface area (Å²) in [7, 11) is 1.67. The number of rotatable bonds is 5. The number of carbonyl (C=O) groups excluding carboxylic acids is 1. The van der Waals surface area contributed by atoms with Crippen LogP contribution in [0, 0.1) is 0 Å². The monoisotopic (exact) mass is 332 g/mol. The Bertz CT molecular complexity index is 902. The molecule has 0 saturated carbocycles. The minimum Gasteiger partial charge on any atom is -0.319 e. The van der Waals surface area contributed by atoms with Crippen LogP contribution in [0.4, 0.5) is 5.69 Å². The van der Waals surface area contributed by atoms with Gasteiger partial charge in [-0.2, -0.15) is 0 Å². The first-order valence-electron chi connectivity index (χ1n) is 8.22. The second-order valence-electron chi connectivity index (χ2n) is 5.89. The van der Waals surface area contributed by atoms with Crippen LogP contribution in [0.25, 0.3) is 0 Å². The Morgan fingerprint density at radius 2 is 1.60 bits per heavy atom. The summed E-state index contributed by atoms with van der Waals surface area (Å²) in [5.74, 6) is -0.167. The van der Waals surface area contributed by atoms with Crippen LogP contribution < -0.4 is 10.5 Å². The topological polar surface area (TPSA) is 42.3 Å². The Kier molecular flexibility index (Phi) is 5.09. The lowest BCUT2D eigenvalue weighted by atomic mass is 10.1. The maximum atomic E-state index is 13.0. The first kappa shape index (κ1) is 16.7. The van der Waals surface area contributed by atoms with Crippen molar-refractivity contribution in [3.63, 3.8) is 0 Å². The molecule has 0 atom stereocenters. The highest BCUT2D eigenvalue weighted by Gasteiger charge is 2.18. The lowest BCUT2D eigenvalue weighted by Crippen LogP contribution is -2.34. The predicted molar refractivity (Wildman–Crippen MR) is 99.9 cm³/mol. The lowest BCUT2D eigenvalue weighted by molar-refractivity contribution is 0.0987. The zero-order chi connectivity index (χ0) is 17.6. The molecule has 3 aromatic rings. The summed E-state index contributed by atoms with van der Waals surface area (Å²) in [6, 6.07) is 22.7. The average Bonchev–Trinajstić information content (AvgIpc) is 2.66. The van der Waals surface area contributed by atoms with Crippen molar-refractivity contribution >= 4 is 11.6 Å². The Labute approximate surface area is 147 Å². The number of anilines is 1. The highest BCUT2D eigenvalue weighted by Crippen LogP contribution is 2.17. The summed E-state index contributed by atoms with van der Waals surface area (Å²) in [5.41, 5.74) is 2.20. The van der Waals surface area contributed by atoms with Gasteiger partial charge in [-0.3, -0.25) is 9.59 Å². The summed E-state index contributed by atoms with van der Waals surface area (Å²) >= 11 is 0. The van der Waals surface area contributed by atoms with Crippen LogP contribution in [0.3, 0.4) is 0 Å². The summed E-state index contributed by atoms with van der Waals surface area (Å²) in [5, 5.41) is 0. The summed E-state index contributed by atoms with van der Waals surface area (Å²) in [6.07, 6.45) is 2.36. The fourth-order valence-electron chi connectivity index (χ4n) is 2.68. The lowest BCUT2D eigenvalue weighted by Gasteiger charge is -2.23. The van der Waals surface area contributed by atoms with E-state index < -0.39 is 0 Å². The highest BCUT2D eigenvalue weighted by atomic mass is 16.2. The van der Waals surface area contributed by atoms with Gasteiger partial charge in [0.15, 0.2) is 0 Å². The maximum Gasteiger partial charge on any atom is 0.258 e. The largest absolute Gasteiger partial charge is 0.319 e. The van der Waals surface area contributed by atoms with E-state index in [4.69, 9.17) is 0 Å². The van der Waals surface area contributed by atoms with Crippen LogP contribution in [0.1, 0.15) is 15.9 Å². The molecule has 4 nitrogen and oxygen atoms in total. The van der Waals surface area contributed by atoms with Gasteiger partial charge in [0.2, 0.25) is 0 Å². The van der Waals surface area contributed by atoms with Crippen molar-refractivity contribution in [2.75, 3.05) is 11.4 Å². The fraction of sp³-hybridized carbons (Fsp3) is 0.143. The van der Waals surface area contributed by atoms with Crippen molar-refractivity contribution in [2.24, 2.45) is 7.05 Å². The van der Waals surface area contributed by atoms with Crippen molar-refractivity contribution in [1.29, 1.82) is 0 Å². The van der Waals surface area contributed by atoms with Gasteiger partial charge in [0, 0.05) is 37.1 Å². The van der Waals surface area contributed by atoms with Gasteiger partial charge in [-0.05, 0) is 30.2 Å². The molecule has 126 valence electrons. The van der Waals surface area contributed by atoms with Crippen molar-refractivity contribution in [3.05, 3.63) is 100 Å². The number of amides is 1. The standard InChI is InChI=1S/C21H20N2O2/c1-22-14-13-18(16-20(22)24)21(25)23(19-10-6-3-7-11-19)15-12-17-8-4-2-5-9-17/h2-11,13-14,16H,12,15H2,1H3. The smallest absolute Gasteiger partial charge is 0.258 e. The number of para-hydroxylation sites is 1. The number of carbonyl (C=O) groups is 1. The second kappa shape index (κ2) is 7.62. The number of hydrogen-bond donors (Lipinski definition) is 0. The molecule has 2 aromatic carbocycles. The maximum absolute atomic E-state index is 13.0. The molecule has 0 fully saturated rings. The van der Waals surface area contributed by atoms with Gasteiger partial charge in [-0.15, -0.1) is 0 Å². The zero-order valence-electron chi connectivity index (χ0n) is 14.1. The molecule has 1 heterocycles. The normalized spacial score (nSPS) is 10.4. The Morgan fingerprint density at radius 3 is 2.24 bits per heavy atom. The molecule has 4 heteroatoms. The molecular formula is C21H20N2O2. The van der Waals surface area contributed by atoms with E-state index in [-0.39, 0.29) is 11.5 Å². The Morgan fingerprint density at radius 1 is 0.960 bits per heavy atom. The van der Waals surface area contributed by atoms with E-state index in [9.17, 15) is 9.59 Å². The van der Waals surface area contributed by atoms with Gasteiger partial charge in [0.25, 0.3) is 11.5 Å². The van der Waals surface area contributed by atoms with Crippen LogP contribution in [0.15, 0.2) is 83.8 Å². The van der Waals surface area contributed by atoms with E-state index in [0.29, 0.717) is 12.1 Å². The molecule has 0 aliphatic carbocycles. The van der Waals surface area contributed by atoms with Gasteiger partial charge in [0.1, 0.15) is 0 Å². The molecule has 0 bridgehead atoms. The molecule has 0 radical (unpaired) electrons. The number of pyridine rings is 1. The van der Waals surface area contributed by atoms with Gasteiger partial charge in [0.05, 0.1) is 0 Å². The third-order valence-electron chi connectivity index (χ3n) is 4.13. The number of benzene rings is 2. The van der Waals surface area contributed by atoms with Crippen molar-refractivity contribution in [3.8, 4) is 0 Å². The predicted octanol–water partition coefficient (Wildman–Crippen LogP) is 3.27. The number of aromatic nitrogens is 1. The van der Waals surface area contributed by atoms with E-state index in [1.54, 1.807) is 24.2 Å². The number of aryl methyl sites for hydroxylation is 1. The van der Waals surface area contributed by atoms with Crippen LogP contribution in [-0.4, -0.2) is 17.0 Å². The molecule has 0 N–H and O–H groups in total. The zero-order valence-corrected chi connectivity index (χ0v) is 14.1. The minimum absolute atomic E-state index is 0.167. The highest BCUT2D eigenvalue weighted by molar-refractivity contribution is 6.06. The molecule has 0 spiro atoms. The third-order valence-corrected chi connectivity index (χ3v) is 4.13. The molecule has 25 heavy (non-hydrogen) atoms. The van der Waals surface area contributed by atoms with Crippen LogP contribution >= 0.6 is 0 Å².